The Morgan fingerprint density at radius 2 is 2.17 bits per heavy atom. The summed E-state index contributed by atoms with van der Waals surface area (Å²) in [5.74, 6) is 5.67. The molecule has 1 heterocycles. The molecule has 0 saturated carbocycles. The Kier molecular flexibility index (Phi) is 1.75. The molecule has 3 N–H and O–H groups in total. The molecule has 2 rings (SSSR count). The molecule has 1 atom stereocenters. The molecule has 0 saturated heterocycles. The van der Waals surface area contributed by atoms with E-state index in [2.05, 4.69) is 0 Å². The lowest BCUT2D eigenvalue weighted by Crippen LogP contribution is -2.44. The molecular weight excluding hydrogens is 152 g/mol. The molecule has 1 unspecified atom stereocenters. The van der Waals surface area contributed by atoms with Crippen LogP contribution >= 0.6 is 0 Å². The van der Waals surface area contributed by atoms with Gasteiger partial charge in [0.1, 0.15) is 6.23 Å². The van der Waals surface area contributed by atoms with Crippen LogP contribution in [0.5, 0.6) is 0 Å². The molecule has 3 nitrogen and oxygen atoms in total. The van der Waals surface area contributed by atoms with E-state index in [1.165, 1.54) is 10.6 Å². The lowest BCUT2D eigenvalue weighted by atomic mass is 10.0. The van der Waals surface area contributed by atoms with Gasteiger partial charge in [0.25, 0.3) is 0 Å². The van der Waals surface area contributed by atoms with E-state index in [1.807, 2.05) is 24.3 Å². The number of anilines is 1. The van der Waals surface area contributed by atoms with Crippen molar-refractivity contribution < 1.29 is 5.11 Å². The molecular formula is C9H12N2O. The molecule has 64 valence electrons. The number of nitrogens with two attached hydrogens (primary N) is 1. The van der Waals surface area contributed by atoms with Crippen LogP contribution in [-0.4, -0.2) is 11.3 Å². The maximum absolute atomic E-state index is 9.43. The summed E-state index contributed by atoms with van der Waals surface area (Å²) in [6, 6.07) is 7.89. The molecule has 0 bridgehead atoms. The van der Waals surface area contributed by atoms with E-state index in [9.17, 15) is 5.11 Å². The van der Waals surface area contributed by atoms with Gasteiger partial charge in [-0.05, 0) is 24.5 Å². The van der Waals surface area contributed by atoms with Crippen LogP contribution < -0.4 is 10.9 Å². The minimum absolute atomic E-state index is 0.528. The van der Waals surface area contributed by atoms with Crippen LogP contribution in [0.25, 0.3) is 0 Å². The summed E-state index contributed by atoms with van der Waals surface area (Å²) in [4.78, 5) is 0. The van der Waals surface area contributed by atoms with Crippen molar-refractivity contribution in [3.63, 3.8) is 0 Å². The first-order chi connectivity index (χ1) is 5.79. The SMILES string of the molecule is NN1c2ccccc2CCC1O. The number of rotatable bonds is 0. The lowest BCUT2D eigenvalue weighted by molar-refractivity contribution is 0.153. The molecule has 0 spiro atoms. The Labute approximate surface area is 71.4 Å². The quantitative estimate of drug-likeness (QED) is 0.553. The second kappa shape index (κ2) is 2.77. The predicted octanol–water partition coefficient (Wildman–Crippen LogP) is 0.631. The molecule has 0 aliphatic carbocycles. The van der Waals surface area contributed by atoms with Crippen LogP contribution in [0.1, 0.15) is 12.0 Å². The van der Waals surface area contributed by atoms with Crippen LogP contribution in [0.2, 0.25) is 0 Å². The number of aryl methyl sites for hydroxylation is 1. The number of aliphatic hydroxyl groups excluding tert-OH is 1. The molecule has 1 aromatic carbocycles. The summed E-state index contributed by atoms with van der Waals surface area (Å²) in [5, 5.41) is 10.9. The van der Waals surface area contributed by atoms with Crippen molar-refractivity contribution in [1.82, 2.24) is 0 Å². The van der Waals surface area contributed by atoms with Crippen molar-refractivity contribution >= 4 is 5.69 Å². The predicted molar refractivity (Wildman–Crippen MR) is 47.4 cm³/mol. The van der Waals surface area contributed by atoms with Crippen molar-refractivity contribution in [3.8, 4) is 0 Å². The number of aliphatic hydroxyl groups is 1. The van der Waals surface area contributed by atoms with Gasteiger partial charge in [-0.25, -0.2) is 5.84 Å². The molecule has 0 radical (unpaired) electrons. The summed E-state index contributed by atoms with van der Waals surface area (Å²) in [6.45, 7) is 0. The molecule has 1 aromatic rings. The van der Waals surface area contributed by atoms with Gasteiger partial charge in [0.15, 0.2) is 0 Å². The third kappa shape index (κ3) is 1.07. The van der Waals surface area contributed by atoms with Gasteiger partial charge >= 0.3 is 0 Å². The highest BCUT2D eigenvalue weighted by Crippen LogP contribution is 2.26. The molecule has 1 aliphatic rings. The number of benzene rings is 1. The first kappa shape index (κ1) is 7.58. The zero-order valence-corrected chi connectivity index (χ0v) is 6.77. The van der Waals surface area contributed by atoms with E-state index in [-0.39, 0.29) is 0 Å². The second-order valence-corrected chi connectivity index (χ2v) is 3.06. The number of hydrogen-bond donors (Lipinski definition) is 2. The number of hydrazine groups is 1. The fourth-order valence-corrected chi connectivity index (χ4v) is 1.56. The van der Waals surface area contributed by atoms with Gasteiger partial charge in [0.05, 0.1) is 5.69 Å². The van der Waals surface area contributed by atoms with Gasteiger partial charge in [-0.15, -0.1) is 0 Å². The van der Waals surface area contributed by atoms with Gasteiger partial charge in [-0.3, -0.25) is 5.01 Å². The Morgan fingerprint density at radius 1 is 1.42 bits per heavy atom. The number of nitrogens with zero attached hydrogens (tertiary/aromatic N) is 1. The summed E-state index contributed by atoms with van der Waals surface area (Å²) < 4.78 is 0. The zero-order chi connectivity index (χ0) is 8.55. The Morgan fingerprint density at radius 3 is 3.00 bits per heavy atom. The monoisotopic (exact) mass is 164 g/mol. The summed E-state index contributed by atoms with van der Waals surface area (Å²) in [7, 11) is 0. The molecule has 0 aromatic heterocycles. The molecule has 0 fully saturated rings. The highest BCUT2D eigenvalue weighted by molar-refractivity contribution is 5.54. The Balaban J connectivity index is 2.42. The minimum atomic E-state index is -0.528. The van der Waals surface area contributed by atoms with Gasteiger partial charge in [-0.1, -0.05) is 18.2 Å². The lowest BCUT2D eigenvalue weighted by Gasteiger charge is -2.31. The second-order valence-electron chi connectivity index (χ2n) is 3.06. The van der Waals surface area contributed by atoms with E-state index in [4.69, 9.17) is 5.84 Å². The Hall–Kier alpha value is -1.06. The number of hydrogen-bond acceptors (Lipinski definition) is 3. The molecule has 0 amide bonds. The van der Waals surface area contributed by atoms with Gasteiger partial charge < -0.3 is 5.11 Å². The van der Waals surface area contributed by atoms with E-state index < -0.39 is 6.23 Å². The summed E-state index contributed by atoms with van der Waals surface area (Å²) in [6.07, 6.45) is 1.10. The standard InChI is InChI=1S/C9H12N2O/c10-11-8-4-2-1-3-7(8)5-6-9(11)12/h1-4,9,12H,5-6,10H2. The van der Waals surface area contributed by atoms with E-state index >= 15 is 0 Å². The number of para-hydroxylation sites is 1. The smallest absolute Gasteiger partial charge is 0.141 e. The maximum atomic E-state index is 9.43. The van der Waals surface area contributed by atoms with Crippen molar-refractivity contribution in [2.75, 3.05) is 5.01 Å². The summed E-state index contributed by atoms with van der Waals surface area (Å²) in [5.41, 5.74) is 2.15. The van der Waals surface area contributed by atoms with Crippen LogP contribution in [0.15, 0.2) is 24.3 Å². The largest absolute Gasteiger partial charge is 0.372 e. The van der Waals surface area contributed by atoms with Crippen LogP contribution in [0.3, 0.4) is 0 Å². The summed E-state index contributed by atoms with van der Waals surface area (Å²) >= 11 is 0. The van der Waals surface area contributed by atoms with Crippen molar-refractivity contribution in [2.24, 2.45) is 5.84 Å². The normalized spacial score (nSPS) is 22.2. The highest BCUT2D eigenvalue weighted by Gasteiger charge is 2.20. The Bertz CT molecular complexity index is 288. The van der Waals surface area contributed by atoms with Crippen LogP contribution in [0, 0.1) is 0 Å². The zero-order valence-electron chi connectivity index (χ0n) is 6.77. The first-order valence-corrected chi connectivity index (χ1v) is 4.09. The van der Waals surface area contributed by atoms with Gasteiger partial charge in [0, 0.05) is 0 Å². The minimum Gasteiger partial charge on any atom is -0.372 e. The van der Waals surface area contributed by atoms with E-state index in [0.717, 1.165) is 12.1 Å². The van der Waals surface area contributed by atoms with Gasteiger partial charge in [0.2, 0.25) is 0 Å². The number of fused-ring (bicyclic) bond motifs is 1. The van der Waals surface area contributed by atoms with Gasteiger partial charge in [-0.2, -0.15) is 0 Å². The third-order valence-electron chi connectivity index (χ3n) is 2.26. The fourth-order valence-electron chi connectivity index (χ4n) is 1.56. The molecule has 1 aliphatic heterocycles. The van der Waals surface area contributed by atoms with E-state index in [1.54, 1.807) is 0 Å². The average Bonchev–Trinajstić information content (AvgIpc) is 2.12. The van der Waals surface area contributed by atoms with Crippen LogP contribution in [-0.2, 0) is 6.42 Å². The fraction of sp³-hybridized carbons (Fsp3) is 0.333. The van der Waals surface area contributed by atoms with E-state index in [0.29, 0.717) is 6.42 Å². The molecule has 3 heteroatoms. The molecule has 12 heavy (non-hydrogen) atoms. The highest BCUT2D eigenvalue weighted by atomic mass is 16.3. The van der Waals surface area contributed by atoms with Crippen LogP contribution in [0.4, 0.5) is 5.69 Å². The third-order valence-corrected chi connectivity index (χ3v) is 2.26. The van der Waals surface area contributed by atoms with Crippen molar-refractivity contribution in [1.29, 1.82) is 0 Å². The maximum Gasteiger partial charge on any atom is 0.141 e. The average molecular weight is 164 g/mol. The van der Waals surface area contributed by atoms with Crippen molar-refractivity contribution in [3.05, 3.63) is 29.8 Å². The topological polar surface area (TPSA) is 49.5 Å². The van der Waals surface area contributed by atoms with Crippen molar-refractivity contribution in [2.45, 2.75) is 19.1 Å². The first-order valence-electron chi connectivity index (χ1n) is 4.09.